The summed E-state index contributed by atoms with van der Waals surface area (Å²) in [4.78, 5) is 0. The van der Waals surface area contributed by atoms with Gasteiger partial charge in [-0.1, -0.05) is 18.2 Å². The van der Waals surface area contributed by atoms with Gasteiger partial charge in [0.1, 0.15) is 11.4 Å². The molecule has 1 aliphatic heterocycles. The molecule has 2 atom stereocenters. The maximum absolute atomic E-state index is 11.2. The molecule has 3 heteroatoms. The van der Waals surface area contributed by atoms with Crippen molar-refractivity contribution in [2.45, 2.75) is 37.3 Å². The van der Waals surface area contributed by atoms with Gasteiger partial charge in [0.05, 0.1) is 12.3 Å². The molecule has 2 heterocycles. The van der Waals surface area contributed by atoms with E-state index in [4.69, 9.17) is 4.42 Å². The number of para-hydroxylation sites is 1. The molecule has 98 valence electrons. The Morgan fingerprint density at radius 3 is 3.05 bits per heavy atom. The van der Waals surface area contributed by atoms with Crippen LogP contribution in [0.5, 0.6) is 0 Å². The van der Waals surface area contributed by atoms with E-state index in [0.29, 0.717) is 0 Å². The summed E-state index contributed by atoms with van der Waals surface area (Å²) in [7, 11) is 0. The number of fused-ring (bicyclic) bond motifs is 2. The summed E-state index contributed by atoms with van der Waals surface area (Å²) in [6, 6.07) is 10.3. The third-order valence-electron chi connectivity index (χ3n) is 4.52. The van der Waals surface area contributed by atoms with Crippen molar-refractivity contribution >= 4 is 5.69 Å². The molecule has 2 unspecified atom stereocenters. The van der Waals surface area contributed by atoms with Crippen LogP contribution in [0.2, 0.25) is 0 Å². The largest absolute Gasteiger partial charge is 0.469 e. The molecule has 1 aliphatic carbocycles. The summed E-state index contributed by atoms with van der Waals surface area (Å²) in [5.74, 6) is 0.950. The molecule has 3 nitrogen and oxygen atoms in total. The zero-order valence-electron chi connectivity index (χ0n) is 10.7. The highest BCUT2D eigenvalue weighted by Crippen LogP contribution is 2.43. The Kier molecular flexibility index (Phi) is 2.27. The number of hydrogen-bond acceptors (Lipinski definition) is 3. The summed E-state index contributed by atoms with van der Waals surface area (Å²) < 4.78 is 5.50. The summed E-state index contributed by atoms with van der Waals surface area (Å²) >= 11 is 0. The van der Waals surface area contributed by atoms with Crippen molar-refractivity contribution in [2.24, 2.45) is 0 Å². The van der Waals surface area contributed by atoms with Crippen molar-refractivity contribution in [3.63, 3.8) is 0 Å². The Morgan fingerprint density at radius 1 is 1.26 bits per heavy atom. The van der Waals surface area contributed by atoms with Crippen LogP contribution >= 0.6 is 0 Å². The van der Waals surface area contributed by atoms with Crippen molar-refractivity contribution < 1.29 is 9.52 Å². The first-order chi connectivity index (χ1) is 9.27. The quantitative estimate of drug-likeness (QED) is 0.823. The molecule has 0 spiro atoms. The molecule has 0 radical (unpaired) electrons. The molecule has 0 saturated carbocycles. The molecule has 0 amide bonds. The van der Waals surface area contributed by atoms with Gasteiger partial charge in [0, 0.05) is 17.7 Å². The van der Waals surface area contributed by atoms with Crippen LogP contribution in [0.1, 0.15) is 29.7 Å². The number of anilines is 1. The predicted octanol–water partition coefficient (Wildman–Crippen LogP) is 2.84. The summed E-state index contributed by atoms with van der Waals surface area (Å²) in [5.41, 5.74) is 2.61. The third-order valence-corrected chi connectivity index (χ3v) is 4.52. The van der Waals surface area contributed by atoms with Crippen molar-refractivity contribution in [2.75, 3.05) is 5.32 Å². The van der Waals surface area contributed by atoms with Crippen molar-refractivity contribution in [1.82, 2.24) is 0 Å². The van der Waals surface area contributed by atoms with E-state index in [0.717, 1.165) is 42.7 Å². The second-order valence-electron chi connectivity index (χ2n) is 5.59. The lowest BCUT2D eigenvalue weighted by Crippen LogP contribution is -2.45. The number of aliphatic hydroxyl groups is 1. The van der Waals surface area contributed by atoms with Crippen molar-refractivity contribution in [3.8, 4) is 0 Å². The monoisotopic (exact) mass is 255 g/mol. The Labute approximate surface area is 112 Å². The van der Waals surface area contributed by atoms with Crippen LogP contribution in [0.4, 0.5) is 5.69 Å². The molecule has 2 aromatic rings. The Bertz CT molecular complexity index is 594. The van der Waals surface area contributed by atoms with Crippen LogP contribution in [-0.2, 0) is 18.4 Å². The summed E-state index contributed by atoms with van der Waals surface area (Å²) in [6.07, 6.45) is 5.28. The van der Waals surface area contributed by atoms with Gasteiger partial charge in [-0.05, 0) is 37.0 Å². The highest BCUT2D eigenvalue weighted by molar-refractivity contribution is 5.58. The van der Waals surface area contributed by atoms with Gasteiger partial charge in [-0.15, -0.1) is 0 Å². The maximum atomic E-state index is 11.2. The molecule has 1 aromatic heterocycles. The van der Waals surface area contributed by atoms with Crippen LogP contribution in [0.25, 0.3) is 0 Å². The number of furan rings is 1. The van der Waals surface area contributed by atoms with Crippen LogP contribution in [0.15, 0.2) is 41.0 Å². The van der Waals surface area contributed by atoms with E-state index in [1.54, 1.807) is 6.26 Å². The highest BCUT2D eigenvalue weighted by Gasteiger charge is 2.45. The minimum Gasteiger partial charge on any atom is -0.469 e. The first-order valence-electron chi connectivity index (χ1n) is 6.91. The van der Waals surface area contributed by atoms with Gasteiger partial charge in [-0.25, -0.2) is 0 Å². The molecule has 4 rings (SSSR count). The van der Waals surface area contributed by atoms with Gasteiger partial charge in [0.25, 0.3) is 0 Å². The normalized spacial score (nSPS) is 28.6. The van der Waals surface area contributed by atoms with E-state index in [-0.39, 0.29) is 6.04 Å². The standard InChI is InChI=1S/C16H17NO2/c18-16(8-3-6-14-12(16)7-9-19-14)15-10-11-4-1-2-5-13(11)17-15/h1-2,4-5,7,9,15,17-18H,3,6,8,10H2. The molecular formula is C16H17NO2. The number of aryl methyl sites for hydroxylation is 1. The SMILES string of the molecule is OC1(C2Cc3ccccc3N2)CCCc2occc21. The third kappa shape index (κ3) is 1.55. The number of rotatable bonds is 1. The topological polar surface area (TPSA) is 45.4 Å². The maximum Gasteiger partial charge on any atom is 0.113 e. The molecule has 0 bridgehead atoms. The zero-order valence-corrected chi connectivity index (χ0v) is 10.7. The van der Waals surface area contributed by atoms with Gasteiger partial charge in [0.15, 0.2) is 0 Å². The number of benzene rings is 1. The summed E-state index contributed by atoms with van der Waals surface area (Å²) in [6.45, 7) is 0. The number of hydrogen-bond donors (Lipinski definition) is 2. The van der Waals surface area contributed by atoms with Crippen LogP contribution in [-0.4, -0.2) is 11.1 Å². The smallest absolute Gasteiger partial charge is 0.113 e. The van der Waals surface area contributed by atoms with E-state index in [1.807, 2.05) is 12.1 Å². The zero-order chi connectivity index (χ0) is 12.9. The van der Waals surface area contributed by atoms with Crippen LogP contribution in [0, 0.1) is 0 Å². The lowest BCUT2D eigenvalue weighted by atomic mass is 9.77. The Hall–Kier alpha value is -1.74. The van der Waals surface area contributed by atoms with Gasteiger partial charge in [-0.3, -0.25) is 0 Å². The van der Waals surface area contributed by atoms with Crippen molar-refractivity contribution in [3.05, 3.63) is 53.5 Å². The fraction of sp³-hybridized carbons (Fsp3) is 0.375. The van der Waals surface area contributed by atoms with E-state index >= 15 is 0 Å². The van der Waals surface area contributed by atoms with Gasteiger partial charge in [0.2, 0.25) is 0 Å². The van der Waals surface area contributed by atoms with Crippen LogP contribution < -0.4 is 5.32 Å². The second-order valence-corrected chi connectivity index (χ2v) is 5.59. The predicted molar refractivity (Wildman–Crippen MR) is 73.1 cm³/mol. The minimum absolute atomic E-state index is 0.0431. The molecule has 19 heavy (non-hydrogen) atoms. The van der Waals surface area contributed by atoms with Gasteiger partial charge >= 0.3 is 0 Å². The van der Waals surface area contributed by atoms with Crippen molar-refractivity contribution in [1.29, 1.82) is 0 Å². The van der Waals surface area contributed by atoms with Crippen LogP contribution in [0.3, 0.4) is 0 Å². The van der Waals surface area contributed by atoms with E-state index in [9.17, 15) is 5.11 Å². The first kappa shape index (κ1) is 11.1. The average molecular weight is 255 g/mol. The van der Waals surface area contributed by atoms with Gasteiger partial charge in [-0.2, -0.15) is 0 Å². The molecule has 1 aromatic carbocycles. The fourth-order valence-corrected chi connectivity index (χ4v) is 3.52. The van der Waals surface area contributed by atoms with E-state index in [1.165, 1.54) is 5.56 Å². The molecular weight excluding hydrogens is 238 g/mol. The van der Waals surface area contributed by atoms with E-state index < -0.39 is 5.60 Å². The lowest BCUT2D eigenvalue weighted by molar-refractivity contribution is -0.000644. The van der Waals surface area contributed by atoms with E-state index in [2.05, 4.69) is 23.5 Å². The Balaban J connectivity index is 1.72. The highest BCUT2D eigenvalue weighted by atomic mass is 16.3. The molecule has 0 fully saturated rings. The summed E-state index contributed by atoms with van der Waals surface area (Å²) in [5, 5.41) is 14.6. The molecule has 2 aliphatic rings. The molecule has 2 N–H and O–H groups in total. The van der Waals surface area contributed by atoms with Gasteiger partial charge < -0.3 is 14.8 Å². The average Bonchev–Trinajstić information content (AvgIpc) is 3.06. The number of nitrogens with one attached hydrogen (secondary N) is 1. The second kappa shape index (κ2) is 3.87. The first-order valence-corrected chi connectivity index (χ1v) is 6.91. The minimum atomic E-state index is -0.806. The lowest BCUT2D eigenvalue weighted by Gasteiger charge is -2.37. The molecule has 0 saturated heterocycles. The Morgan fingerprint density at radius 2 is 2.16 bits per heavy atom. The fourth-order valence-electron chi connectivity index (χ4n) is 3.52.